The van der Waals surface area contributed by atoms with Gasteiger partial charge in [-0.15, -0.1) is 0 Å². The molecule has 0 saturated carbocycles. The van der Waals surface area contributed by atoms with Crippen molar-refractivity contribution in [1.82, 2.24) is 15.5 Å². The first-order chi connectivity index (χ1) is 11.9. The zero-order chi connectivity index (χ0) is 18.0. The molecule has 0 aliphatic heterocycles. The van der Waals surface area contributed by atoms with E-state index in [1.165, 1.54) is 12.1 Å². The third kappa shape index (κ3) is 4.05. The number of carbonyl (C=O) groups excluding carboxylic acids is 1. The van der Waals surface area contributed by atoms with E-state index in [9.17, 15) is 9.18 Å². The minimum atomic E-state index is -0.617. The molecule has 5 nitrogen and oxygen atoms in total. The highest BCUT2D eigenvalue weighted by Gasteiger charge is 2.19. The molecule has 1 amide bonds. The van der Waals surface area contributed by atoms with Crippen LogP contribution in [0, 0.1) is 5.82 Å². The Morgan fingerprint density at radius 2 is 2.00 bits per heavy atom. The van der Waals surface area contributed by atoms with E-state index in [2.05, 4.69) is 31.4 Å². The van der Waals surface area contributed by atoms with Crippen LogP contribution in [0.2, 0.25) is 5.02 Å². The summed E-state index contributed by atoms with van der Waals surface area (Å²) in [5.41, 5.74) is 0.650. The van der Waals surface area contributed by atoms with Gasteiger partial charge in [0.25, 0.3) is 11.8 Å². The number of rotatable bonds is 4. The number of aromatic nitrogens is 2. The van der Waals surface area contributed by atoms with Gasteiger partial charge in [-0.05, 0) is 49.4 Å². The molecule has 0 saturated heterocycles. The minimum absolute atomic E-state index is 0.0588. The molecule has 2 aromatic carbocycles. The summed E-state index contributed by atoms with van der Waals surface area (Å²) in [7, 11) is 0. The number of carbonyl (C=O) groups is 1. The maximum atomic E-state index is 13.9. The Bertz CT molecular complexity index is 915. The van der Waals surface area contributed by atoms with Gasteiger partial charge in [-0.3, -0.25) is 4.79 Å². The fraction of sp³-hybridized carbons (Fsp3) is 0.118. The van der Waals surface area contributed by atoms with E-state index >= 15 is 0 Å². The van der Waals surface area contributed by atoms with Crippen LogP contribution in [0.4, 0.5) is 4.39 Å². The molecule has 25 heavy (non-hydrogen) atoms. The Kier molecular flexibility index (Phi) is 5.15. The maximum Gasteiger partial charge on any atom is 0.257 e. The van der Waals surface area contributed by atoms with Gasteiger partial charge >= 0.3 is 0 Å². The molecular formula is C17H12BrClFN3O2. The number of benzene rings is 2. The Balaban J connectivity index is 1.74. The van der Waals surface area contributed by atoms with Crippen LogP contribution in [0.25, 0.3) is 11.5 Å². The molecule has 0 aliphatic carbocycles. The van der Waals surface area contributed by atoms with Crippen LogP contribution in [0.5, 0.6) is 0 Å². The van der Waals surface area contributed by atoms with Crippen molar-refractivity contribution in [1.29, 1.82) is 0 Å². The molecule has 1 heterocycles. The summed E-state index contributed by atoms with van der Waals surface area (Å²) in [4.78, 5) is 16.5. The van der Waals surface area contributed by atoms with Gasteiger partial charge in [0, 0.05) is 15.1 Å². The third-order valence-electron chi connectivity index (χ3n) is 3.44. The summed E-state index contributed by atoms with van der Waals surface area (Å²) >= 11 is 9.00. The van der Waals surface area contributed by atoms with Gasteiger partial charge in [-0.2, -0.15) is 4.98 Å². The Hall–Kier alpha value is -2.25. The van der Waals surface area contributed by atoms with Gasteiger partial charge in [0.05, 0.1) is 11.6 Å². The molecule has 0 bridgehead atoms. The molecular weight excluding hydrogens is 413 g/mol. The van der Waals surface area contributed by atoms with Crippen molar-refractivity contribution in [2.75, 3.05) is 0 Å². The van der Waals surface area contributed by atoms with Crippen molar-refractivity contribution in [3.05, 3.63) is 69.2 Å². The summed E-state index contributed by atoms with van der Waals surface area (Å²) < 4.78 is 19.6. The van der Waals surface area contributed by atoms with E-state index in [4.69, 9.17) is 16.1 Å². The van der Waals surface area contributed by atoms with Gasteiger partial charge in [0.1, 0.15) is 5.82 Å². The van der Waals surface area contributed by atoms with Crippen LogP contribution < -0.4 is 5.32 Å². The second-order valence-corrected chi connectivity index (χ2v) is 6.64. The van der Waals surface area contributed by atoms with Crippen LogP contribution in [0.15, 0.2) is 51.5 Å². The number of halogens is 3. The predicted octanol–water partition coefficient (Wildman–Crippen LogP) is 4.78. The van der Waals surface area contributed by atoms with Crippen LogP contribution in [0.1, 0.15) is 29.1 Å². The topological polar surface area (TPSA) is 68.0 Å². The number of hydrogen-bond acceptors (Lipinski definition) is 4. The summed E-state index contributed by atoms with van der Waals surface area (Å²) in [6.45, 7) is 1.69. The Morgan fingerprint density at radius 1 is 1.28 bits per heavy atom. The normalized spacial score (nSPS) is 12.0. The third-order valence-corrected chi connectivity index (χ3v) is 4.19. The Labute approximate surface area is 156 Å². The van der Waals surface area contributed by atoms with Gasteiger partial charge < -0.3 is 9.84 Å². The maximum absolute atomic E-state index is 13.9. The van der Waals surface area contributed by atoms with E-state index in [0.29, 0.717) is 20.9 Å². The van der Waals surface area contributed by atoms with Crippen molar-refractivity contribution < 1.29 is 13.7 Å². The highest BCUT2D eigenvalue weighted by Crippen LogP contribution is 2.22. The molecule has 3 aromatic rings. The van der Waals surface area contributed by atoms with Crippen LogP contribution >= 0.6 is 27.5 Å². The van der Waals surface area contributed by atoms with Gasteiger partial charge in [-0.25, -0.2) is 4.39 Å². The number of hydrogen-bond donors (Lipinski definition) is 1. The fourth-order valence-corrected chi connectivity index (χ4v) is 2.59. The first-order valence-electron chi connectivity index (χ1n) is 7.29. The van der Waals surface area contributed by atoms with Gasteiger partial charge in [-0.1, -0.05) is 32.7 Å². The quantitative estimate of drug-likeness (QED) is 0.654. The number of nitrogens with one attached hydrogen (secondary N) is 1. The first kappa shape index (κ1) is 17.6. The smallest absolute Gasteiger partial charge is 0.257 e. The summed E-state index contributed by atoms with van der Waals surface area (Å²) in [5, 5.41) is 7.11. The standard InChI is InChI=1S/C17H12BrClFN3O2/c1-9(21-16(24)13-7-4-11(18)8-14(13)20)15-22-17(25-23-15)10-2-5-12(19)6-3-10/h2-9H,1H3,(H,21,24). The molecule has 0 fully saturated rings. The molecule has 128 valence electrons. The lowest BCUT2D eigenvalue weighted by Gasteiger charge is -2.10. The SMILES string of the molecule is CC(NC(=O)c1ccc(Br)cc1F)c1noc(-c2ccc(Cl)cc2)n1. The van der Waals surface area contributed by atoms with E-state index in [1.54, 1.807) is 37.3 Å². The molecule has 1 unspecified atom stereocenters. The molecule has 3 rings (SSSR count). The lowest BCUT2D eigenvalue weighted by molar-refractivity contribution is 0.0934. The summed E-state index contributed by atoms with van der Waals surface area (Å²) in [6, 6.07) is 10.6. The van der Waals surface area contributed by atoms with E-state index < -0.39 is 17.8 Å². The van der Waals surface area contributed by atoms with E-state index in [-0.39, 0.29) is 11.4 Å². The van der Waals surface area contributed by atoms with Crippen molar-refractivity contribution in [3.8, 4) is 11.5 Å². The number of nitrogens with zero attached hydrogens (tertiary/aromatic N) is 2. The zero-order valence-electron chi connectivity index (χ0n) is 13.0. The zero-order valence-corrected chi connectivity index (χ0v) is 15.3. The first-order valence-corrected chi connectivity index (χ1v) is 8.46. The van der Waals surface area contributed by atoms with Gasteiger partial charge in [0.15, 0.2) is 5.82 Å². The van der Waals surface area contributed by atoms with Crippen molar-refractivity contribution in [3.63, 3.8) is 0 Å². The largest absolute Gasteiger partial charge is 0.342 e. The molecule has 0 spiro atoms. The molecule has 1 N–H and O–H groups in total. The average molecular weight is 425 g/mol. The summed E-state index contributed by atoms with van der Waals surface area (Å²) in [6.07, 6.45) is 0. The van der Waals surface area contributed by atoms with Crippen molar-refractivity contribution in [2.45, 2.75) is 13.0 Å². The highest BCUT2D eigenvalue weighted by atomic mass is 79.9. The van der Waals surface area contributed by atoms with Crippen molar-refractivity contribution in [2.24, 2.45) is 0 Å². The van der Waals surface area contributed by atoms with Crippen LogP contribution in [-0.2, 0) is 0 Å². The lowest BCUT2D eigenvalue weighted by atomic mass is 10.2. The molecule has 8 heteroatoms. The molecule has 0 radical (unpaired) electrons. The second kappa shape index (κ2) is 7.33. The molecule has 1 aromatic heterocycles. The van der Waals surface area contributed by atoms with E-state index in [1.807, 2.05) is 0 Å². The molecule has 0 aliphatic rings. The second-order valence-electron chi connectivity index (χ2n) is 5.28. The monoisotopic (exact) mass is 423 g/mol. The number of amides is 1. The Morgan fingerprint density at radius 3 is 2.68 bits per heavy atom. The van der Waals surface area contributed by atoms with Crippen LogP contribution in [-0.4, -0.2) is 16.0 Å². The fourth-order valence-electron chi connectivity index (χ4n) is 2.13. The average Bonchev–Trinajstić information content (AvgIpc) is 3.05. The predicted molar refractivity (Wildman–Crippen MR) is 94.7 cm³/mol. The highest BCUT2D eigenvalue weighted by molar-refractivity contribution is 9.10. The summed E-state index contributed by atoms with van der Waals surface area (Å²) in [5.74, 6) is -0.581. The van der Waals surface area contributed by atoms with E-state index in [0.717, 1.165) is 0 Å². The van der Waals surface area contributed by atoms with Crippen molar-refractivity contribution >= 4 is 33.4 Å². The lowest BCUT2D eigenvalue weighted by Crippen LogP contribution is -2.28. The molecule has 1 atom stereocenters. The minimum Gasteiger partial charge on any atom is -0.342 e. The van der Waals surface area contributed by atoms with Gasteiger partial charge in [0.2, 0.25) is 0 Å². The van der Waals surface area contributed by atoms with Crippen LogP contribution in [0.3, 0.4) is 0 Å².